The number of likely N-dealkylation sites (tertiary alicyclic amines) is 1. The van der Waals surface area contributed by atoms with Crippen LogP contribution in [0, 0.1) is 6.92 Å². The van der Waals surface area contributed by atoms with E-state index in [1.54, 1.807) is 0 Å². The van der Waals surface area contributed by atoms with Gasteiger partial charge in [-0.3, -0.25) is 9.69 Å². The van der Waals surface area contributed by atoms with Crippen molar-refractivity contribution in [3.63, 3.8) is 0 Å². The van der Waals surface area contributed by atoms with Gasteiger partial charge in [0.1, 0.15) is 0 Å². The molecule has 146 valence electrons. The number of alkyl carbamates (subject to hydrolysis) is 1. The van der Waals surface area contributed by atoms with Crippen LogP contribution in [0.1, 0.15) is 50.2 Å². The minimum Gasteiger partial charge on any atom is -0.450 e. The molecular weight excluding hydrogens is 342 g/mol. The predicted molar refractivity (Wildman–Crippen MR) is 104 cm³/mol. The molecule has 1 saturated carbocycles. The summed E-state index contributed by atoms with van der Waals surface area (Å²) in [4.78, 5) is 27.0. The summed E-state index contributed by atoms with van der Waals surface area (Å²) in [5.74, 6) is 0.175. The third-order valence-corrected chi connectivity index (χ3v) is 6.58. The number of carbonyl (C=O) groups is 2. The second-order valence-electron chi connectivity index (χ2n) is 8.11. The van der Waals surface area contributed by atoms with Gasteiger partial charge in [0.25, 0.3) is 0 Å². The number of amides is 2. The van der Waals surface area contributed by atoms with Crippen molar-refractivity contribution in [2.24, 2.45) is 0 Å². The summed E-state index contributed by atoms with van der Waals surface area (Å²) in [5.41, 5.74) is 3.08. The zero-order chi connectivity index (χ0) is 19.0. The lowest BCUT2D eigenvalue weighted by Crippen LogP contribution is -2.46. The van der Waals surface area contributed by atoms with Crippen LogP contribution < -0.4 is 10.6 Å². The molecule has 1 atom stereocenters. The quantitative estimate of drug-likeness (QED) is 0.857. The summed E-state index contributed by atoms with van der Waals surface area (Å²) >= 11 is 0. The first-order valence-corrected chi connectivity index (χ1v) is 10.1. The van der Waals surface area contributed by atoms with Crippen LogP contribution in [0.2, 0.25) is 0 Å². The molecule has 2 aliphatic heterocycles. The highest BCUT2D eigenvalue weighted by atomic mass is 16.5. The Balaban J connectivity index is 1.39. The minimum atomic E-state index is -0.348. The summed E-state index contributed by atoms with van der Waals surface area (Å²) in [6, 6.07) is 6.80. The van der Waals surface area contributed by atoms with E-state index in [0.717, 1.165) is 50.9 Å². The Morgan fingerprint density at radius 1 is 1.33 bits per heavy atom. The van der Waals surface area contributed by atoms with Crippen molar-refractivity contribution in [1.82, 2.24) is 10.2 Å². The lowest BCUT2D eigenvalue weighted by molar-refractivity contribution is -0.122. The van der Waals surface area contributed by atoms with Gasteiger partial charge in [-0.05, 0) is 63.1 Å². The molecule has 2 fully saturated rings. The van der Waals surface area contributed by atoms with Gasteiger partial charge in [-0.25, -0.2) is 4.79 Å². The maximum atomic E-state index is 12.8. The van der Waals surface area contributed by atoms with Crippen molar-refractivity contribution < 1.29 is 14.3 Å². The van der Waals surface area contributed by atoms with Gasteiger partial charge in [-0.15, -0.1) is 0 Å². The van der Waals surface area contributed by atoms with Gasteiger partial charge in [-0.1, -0.05) is 12.1 Å². The maximum Gasteiger partial charge on any atom is 0.407 e. The third-order valence-electron chi connectivity index (χ3n) is 6.58. The fourth-order valence-electron chi connectivity index (χ4n) is 5.28. The van der Waals surface area contributed by atoms with E-state index in [1.165, 1.54) is 11.1 Å². The van der Waals surface area contributed by atoms with Crippen molar-refractivity contribution >= 4 is 17.7 Å². The van der Waals surface area contributed by atoms with E-state index >= 15 is 0 Å². The van der Waals surface area contributed by atoms with Crippen molar-refractivity contribution in [1.29, 1.82) is 0 Å². The van der Waals surface area contributed by atoms with E-state index in [0.29, 0.717) is 12.6 Å². The lowest BCUT2D eigenvalue weighted by Gasteiger charge is -2.40. The Morgan fingerprint density at radius 3 is 2.85 bits per heavy atom. The standard InChI is InChI=1S/C21H29N3O3/c1-3-27-20(26)22-15-9-12-24(13-15)16-7-10-21(11-8-16)18-14(2)5-4-6-17(18)23-19(21)25/h4-6,15-16H,3,7-13H2,1-2H3,(H,22,26)(H,23,25)/t15-,16?,21?/m0/s1. The molecule has 1 aromatic rings. The molecule has 1 aromatic carbocycles. The van der Waals surface area contributed by atoms with E-state index in [2.05, 4.69) is 28.5 Å². The average molecular weight is 371 g/mol. The number of nitrogens with one attached hydrogen (secondary N) is 2. The number of benzene rings is 1. The van der Waals surface area contributed by atoms with E-state index in [4.69, 9.17) is 4.74 Å². The first-order valence-electron chi connectivity index (χ1n) is 10.1. The molecule has 2 N–H and O–H groups in total. The number of carbonyl (C=O) groups excluding carboxylic acids is 2. The molecule has 1 saturated heterocycles. The fraction of sp³-hybridized carbons (Fsp3) is 0.619. The maximum absolute atomic E-state index is 12.8. The number of nitrogens with zero attached hydrogens (tertiary/aromatic N) is 1. The highest BCUT2D eigenvalue weighted by Crippen LogP contribution is 2.49. The molecule has 0 aromatic heterocycles. The SMILES string of the molecule is CCOC(=O)N[C@H]1CCN(C2CCC3(CC2)C(=O)Nc2cccc(C)c23)C1. The summed E-state index contributed by atoms with van der Waals surface area (Å²) < 4.78 is 4.99. The largest absolute Gasteiger partial charge is 0.450 e. The van der Waals surface area contributed by atoms with Gasteiger partial charge in [0.05, 0.1) is 12.0 Å². The Labute approximate surface area is 160 Å². The predicted octanol–water partition coefficient (Wildman–Crippen LogP) is 2.95. The number of ether oxygens (including phenoxy) is 1. The van der Waals surface area contributed by atoms with Crippen LogP contribution in [0.3, 0.4) is 0 Å². The third kappa shape index (κ3) is 3.20. The number of anilines is 1. The molecule has 2 amide bonds. The van der Waals surface area contributed by atoms with E-state index in [-0.39, 0.29) is 23.5 Å². The van der Waals surface area contributed by atoms with Gasteiger partial charge in [0, 0.05) is 30.9 Å². The summed E-state index contributed by atoms with van der Waals surface area (Å²) in [6.07, 6.45) is 4.48. The van der Waals surface area contributed by atoms with Crippen molar-refractivity contribution in [3.8, 4) is 0 Å². The Bertz CT molecular complexity index is 740. The van der Waals surface area contributed by atoms with Gasteiger partial charge in [0.15, 0.2) is 0 Å². The van der Waals surface area contributed by atoms with Crippen LogP contribution in [0.4, 0.5) is 10.5 Å². The summed E-state index contributed by atoms with van der Waals surface area (Å²) in [7, 11) is 0. The monoisotopic (exact) mass is 371 g/mol. The van der Waals surface area contributed by atoms with Gasteiger partial charge in [-0.2, -0.15) is 0 Å². The fourth-order valence-corrected chi connectivity index (χ4v) is 5.28. The molecule has 3 aliphatic rings. The molecule has 1 aliphatic carbocycles. The van der Waals surface area contributed by atoms with Crippen LogP contribution in [0.15, 0.2) is 18.2 Å². The molecule has 6 nitrogen and oxygen atoms in total. The number of fused-ring (bicyclic) bond motifs is 2. The van der Waals surface area contributed by atoms with Gasteiger partial charge < -0.3 is 15.4 Å². The Kier molecular flexibility index (Phi) is 4.84. The topological polar surface area (TPSA) is 70.7 Å². The number of hydrogen-bond donors (Lipinski definition) is 2. The molecule has 4 rings (SSSR count). The molecule has 0 radical (unpaired) electrons. The molecule has 2 heterocycles. The number of aryl methyl sites for hydroxylation is 1. The van der Waals surface area contributed by atoms with Crippen LogP contribution in [0.5, 0.6) is 0 Å². The van der Waals surface area contributed by atoms with Crippen molar-refractivity contribution in [2.45, 2.75) is 63.5 Å². The highest BCUT2D eigenvalue weighted by Gasteiger charge is 2.50. The average Bonchev–Trinajstić information content (AvgIpc) is 3.20. The Hall–Kier alpha value is -2.08. The van der Waals surface area contributed by atoms with Crippen LogP contribution >= 0.6 is 0 Å². The first kappa shape index (κ1) is 18.3. The van der Waals surface area contributed by atoms with Crippen LogP contribution in [0.25, 0.3) is 0 Å². The molecular formula is C21H29N3O3. The zero-order valence-electron chi connectivity index (χ0n) is 16.2. The van der Waals surface area contributed by atoms with Crippen molar-refractivity contribution in [2.75, 3.05) is 25.0 Å². The molecule has 0 unspecified atom stereocenters. The summed E-state index contributed by atoms with van der Waals surface area (Å²) in [6.45, 7) is 6.20. The number of hydrogen-bond acceptors (Lipinski definition) is 4. The minimum absolute atomic E-state index is 0.165. The second kappa shape index (κ2) is 7.15. The van der Waals surface area contributed by atoms with E-state index in [9.17, 15) is 9.59 Å². The van der Waals surface area contributed by atoms with Gasteiger partial charge in [0.2, 0.25) is 5.91 Å². The molecule has 6 heteroatoms. The highest BCUT2D eigenvalue weighted by molar-refractivity contribution is 6.06. The smallest absolute Gasteiger partial charge is 0.407 e. The van der Waals surface area contributed by atoms with Crippen molar-refractivity contribution in [3.05, 3.63) is 29.3 Å². The lowest BCUT2D eigenvalue weighted by atomic mass is 9.67. The number of rotatable bonds is 3. The van der Waals surface area contributed by atoms with E-state index < -0.39 is 0 Å². The Morgan fingerprint density at radius 2 is 2.11 bits per heavy atom. The summed E-state index contributed by atoms with van der Waals surface area (Å²) in [5, 5.41) is 6.07. The van der Waals surface area contributed by atoms with Crippen LogP contribution in [-0.4, -0.2) is 48.7 Å². The molecule has 1 spiro atoms. The van der Waals surface area contributed by atoms with Crippen LogP contribution in [-0.2, 0) is 14.9 Å². The zero-order valence-corrected chi connectivity index (χ0v) is 16.2. The molecule has 0 bridgehead atoms. The molecule has 27 heavy (non-hydrogen) atoms. The normalized spacial score (nSPS) is 30.2. The first-order chi connectivity index (χ1) is 13.0. The van der Waals surface area contributed by atoms with Gasteiger partial charge >= 0.3 is 6.09 Å². The second-order valence-corrected chi connectivity index (χ2v) is 8.11. The van der Waals surface area contributed by atoms with E-state index in [1.807, 2.05) is 19.1 Å².